The zero-order valence-electron chi connectivity index (χ0n) is 13.3. The van der Waals surface area contributed by atoms with Gasteiger partial charge in [0.25, 0.3) is 0 Å². The van der Waals surface area contributed by atoms with Crippen LogP contribution in [0.4, 0.5) is 5.13 Å². The molecule has 0 aliphatic heterocycles. The Morgan fingerprint density at radius 2 is 2.04 bits per heavy atom. The third-order valence-electron chi connectivity index (χ3n) is 4.19. The maximum atomic E-state index is 5.58. The molecule has 122 valence electrons. The minimum atomic E-state index is 0.558. The highest BCUT2D eigenvalue weighted by molar-refractivity contribution is 7.15. The fourth-order valence-electron chi connectivity index (χ4n) is 2.93. The van der Waals surface area contributed by atoms with Gasteiger partial charge in [0, 0.05) is 30.7 Å². The van der Waals surface area contributed by atoms with Crippen molar-refractivity contribution in [2.24, 2.45) is 0 Å². The first kappa shape index (κ1) is 16.1. The standard InChI is InChI=1S/C17H23N5S/c18-17-22-21-16(23-17)10-6-2-5-9-15-19-12-11-14(20-15)13-7-3-1-4-8-13/h1,3,11-13H,2,4-10H2,(H2,18,22). The number of rotatable bonds is 7. The molecular weight excluding hydrogens is 306 g/mol. The Morgan fingerprint density at radius 3 is 2.83 bits per heavy atom. The van der Waals surface area contributed by atoms with Gasteiger partial charge in [0.1, 0.15) is 10.8 Å². The molecule has 1 unspecified atom stereocenters. The van der Waals surface area contributed by atoms with Gasteiger partial charge in [-0.05, 0) is 38.2 Å². The van der Waals surface area contributed by atoms with E-state index in [1.54, 1.807) is 0 Å². The van der Waals surface area contributed by atoms with Crippen molar-refractivity contribution >= 4 is 16.5 Å². The van der Waals surface area contributed by atoms with E-state index in [0.717, 1.165) is 49.4 Å². The Kier molecular flexibility index (Phi) is 5.69. The van der Waals surface area contributed by atoms with Crippen LogP contribution in [0.1, 0.15) is 61.0 Å². The summed E-state index contributed by atoms with van der Waals surface area (Å²) in [6, 6.07) is 2.08. The predicted molar refractivity (Wildman–Crippen MR) is 93.3 cm³/mol. The van der Waals surface area contributed by atoms with Crippen molar-refractivity contribution < 1.29 is 0 Å². The van der Waals surface area contributed by atoms with Crippen molar-refractivity contribution in [3.8, 4) is 0 Å². The summed E-state index contributed by atoms with van der Waals surface area (Å²) >= 11 is 1.49. The second-order valence-electron chi connectivity index (χ2n) is 5.97. The van der Waals surface area contributed by atoms with Crippen LogP contribution in [0.5, 0.6) is 0 Å². The highest BCUT2D eigenvalue weighted by Crippen LogP contribution is 2.27. The molecule has 2 aromatic heterocycles. The molecule has 1 aliphatic carbocycles. The molecule has 5 nitrogen and oxygen atoms in total. The highest BCUT2D eigenvalue weighted by Gasteiger charge is 2.14. The van der Waals surface area contributed by atoms with Gasteiger partial charge in [-0.2, -0.15) is 0 Å². The molecule has 1 atom stereocenters. The minimum absolute atomic E-state index is 0.558. The summed E-state index contributed by atoms with van der Waals surface area (Å²) in [5.74, 6) is 1.56. The Hall–Kier alpha value is -1.82. The van der Waals surface area contributed by atoms with E-state index in [-0.39, 0.29) is 0 Å². The highest BCUT2D eigenvalue weighted by atomic mass is 32.1. The van der Waals surface area contributed by atoms with Crippen LogP contribution in [0.25, 0.3) is 0 Å². The molecule has 0 saturated carbocycles. The van der Waals surface area contributed by atoms with Gasteiger partial charge in [0.05, 0.1) is 0 Å². The predicted octanol–water partition coefficient (Wildman–Crippen LogP) is 3.69. The number of hydrogen-bond donors (Lipinski definition) is 1. The first-order chi connectivity index (χ1) is 11.3. The summed E-state index contributed by atoms with van der Waals surface area (Å²) in [7, 11) is 0. The topological polar surface area (TPSA) is 77.6 Å². The third kappa shape index (κ3) is 4.82. The average molecular weight is 329 g/mol. The Labute approximate surface area is 141 Å². The molecule has 2 N–H and O–H groups in total. The lowest BCUT2D eigenvalue weighted by Crippen LogP contribution is -2.06. The lowest BCUT2D eigenvalue weighted by Gasteiger charge is -2.17. The SMILES string of the molecule is Nc1nnc(CCCCCc2nccc(C3CC=CCC3)n2)s1. The molecule has 2 heterocycles. The number of unbranched alkanes of at least 4 members (excludes halogenated alkanes) is 2. The Balaban J connectivity index is 1.42. The van der Waals surface area contributed by atoms with Gasteiger partial charge >= 0.3 is 0 Å². The number of allylic oxidation sites excluding steroid dienone is 2. The average Bonchev–Trinajstić information content (AvgIpc) is 3.01. The van der Waals surface area contributed by atoms with Gasteiger partial charge in [0.15, 0.2) is 0 Å². The number of nitrogens with two attached hydrogens (primary N) is 1. The van der Waals surface area contributed by atoms with Gasteiger partial charge in [-0.25, -0.2) is 9.97 Å². The normalized spacial score (nSPS) is 17.5. The van der Waals surface area contributed by atoms with Crippen LogP contribution in [-0.4, -0.2) is 20.2 Å². The fourth-order valence-corrected chi connectivity index (χ4v) is 3.58. The van der Waals surface area contributed by atoms with Crippen molar-refractivity contribution in [2.75, 3.05) is 5.73 Å². The molecule has 0 bridgehead atoms. The smallest absolute Gasteiger partial charge is 0.203 e. The third-order valence-corrected chi connectivity index (χ3v) is 5.00. The lowest BCUT2D eigenvalue weighted by atomic mass is 9.91. The molecule has 23 heavy (non-hydrogen) atoms. The number of aryl methyl sites for hydroxylation is 2. The van der Waals surface area contributed by atoms with Crippen molar-refractivity contribution in [1.82, 2.24) is 20.2 Å². The minimum Gasteiger partial charge on any atom is -0.374 e. The molecule has 6 heteroatoms. The van der Waals surface area contributed by atoms with Gasteiger partial charge in [-0.3, -0.25) is 0 Å². The van der Waals surface area contributed by atoms with E-state index in [1.807, 2.05) is 6.20 Å². The molecule has 3 rings (SSSR count). The van der Waals surface area contributed by atoms with Crippen LogP contribution < -0.4 is 5.73 Å². The van der Waals surface area contributed by atoms with Crippen LogP contribution in [0.15, 0.2) is 24.4 Å². The molecular formula is C17H23N5S. The number of nitrogen functional groups attached to an aromatic ring is 1. The van der Waals surface area contributed by atoms with E-state index in [1.165, 1.54) is 29.9 Å². The summed E-state index contributed by atoms with van der Waals surface area (Å²) < 4.78 is 0. The fraction of sp³-hybridized carbons (Fsp3) is 0.529. The van der Waals surface area contributed by atoms with Gasteiger partial charge in [0.2, 0.25) is 5.13 Å². The molecule has 0 radical (unpaired) electrons. The quantitative estimate of drug-likeness (QED) is 0.619. The second kappa shape index (κ2) is 8.15. The van der Waals surface area contributed by atoms with E-state index in [0.29, 0.717) is 11.0 Å². The monoisotopic (exact) mass is 329 g/mol. The zero-order valence-corrected chi connectivity index (χ0v) is 14.1. The number of aromatic nitrogens is 4. The van der Waals surface area contributed by atoms with E-state index in [9.17, 15) is 0 Å². The summed E-state index contributed by atoms with van der Waals surface area (Å²) in [4.78, 5) is 9.20. The largest absolute Gasteiger partial charge is 0.374 e. The molecule has 1 aliphatic rings. The van der Waals surface area contributed by atoms with Gasteiger partial charge in [-0.15, -0.1) is 10.2 Å². The molecule has 2 aromatic rings. The first-order valence-electron chi connectivity index (χ1n) is 8.36. The lowest BCUT2D eigenvalue weighted by molar-refractivity contribution is 0.590. The number of anilines is 1. The Bertz CT molecular complexity index is 652. The van der Waals surface area contributed by atoms with Crippen LogP contribution >= 0.6 is 11.3 Å². The van der Waals surface area contributed by atoms with Crippen molar-refractivity contribution in [3.05, 3.63) is 40.9 Å². The van der Waals surface area contributed by atoms with Crippen molar-refractivity contribution in [3.63, 3.8) is 0 Å². The molecule has 0 fully saturated rings. The van der Waals surface area contributed by atoms with Crippen molar-refractivity contribution in [1.29, 1.82) is 0 Å². The summed E-state index contributed by atoms with van der Waals surface area (Å²) in [6.07, 6.45) is 15.2. The maximum Gasteiger partial charge on any atom is 0.203 e. The molecule has 0 aromatic carbocycles. The van der Waals surface area contributed by atoms with Crippen molar-refractivity contribution in [2.45, 2.75) is 57.3 Å². The number of hydrogen-bond acceptors (Lipinski definition) is 6. The van der Waals surface area contributed by atoms with Gasteiger partial charge in [-0.1, -0.05) is 29.9 Å². The number of nitrogens with zero attached hydrogens (tertiary/aromatic N) is 4. The van der Waals surface area contributed by atoms with Crippen LogP contribution in [-0.2, 0) is 12.8 Å². The Morgan fingerprint density at radius 1 is 1.13 bits per heavy atom. The van der Waals surface area contributed by atoms with E-state index < -0.39 is 0 Å². The second-order valence-corrected chi connectivity index (χ2v) is 7.07. The molecule has 0 saturated heterocycles. The van der Waals surface area contributed by atoms with Gasteiger partial charge < -0.3 is 5.73 Å². The molecule has 0 amide bonds. The van der Waals surface area contributed by atoms with Crippen LogP contribution in [0.2, 0.25) is 0 Å². The maximum absolute atomic E-state index is 5.58. The van der Waals surface area contributed by atoms with E-state index in [4.69, 9.17) is 10.7 Å². The summed E-state index contributed by atoms with van der Waals surface area (Å²) in [5, 5.41) is 9.48. The first-order valence-corrected chi connectivity index (χ1v) is 9.17. The van der Waals surface area contributed by atoms with E-state index >= 15 is 0 Å². The van der Waals surface area contributed by atoms with Crippen LogP contribution in [0, 0.1) is 0 Å². The molecule has 0 spiro atoms. The van der Waals surface area contributed by atoms with E-state index in [2.05, 4.69) is 33.4 Å². The zero-order chi connectivity index (χ0) is 15.9. The summed E-state index contributed by atoms with van der Waals surface area (Å²) in [6.45, 7) is 0. The summed E-state index contributed by atoms with van der Waals surface area (Å²) in [5.41, 5.74) is 6.80. The van der Waals surface area contributed by atoms with Crippen LogP contribution in [0.3, 0.4) is 0 Å².